The summed E-state index contributed by atoms with van der Waals surface area (Å²) >= 11 is 0. The molecule has 0 saturated carbocycles. The van der Waals surface area contributed by atoms with E-state index in [1.54, 1.807) is 0 Å². The second kappa shape index (κ2) is 41.8. The molecule has 5 nitrogen and oxygen atoms in total. The Bertz CT molecular complexity index is 941. The molecular formula is C46H78O5. The van der Waals surface area contributed by atoms with E-state index in [9.17, 15) is 14.7 Å². The summed E-state index contributed by atoms with van der Waals surface area (Å²) in [4.78, 5) is 24.0. The summed E-state index contributed by atoms with van der Waals surface area (Å²) in [6.45, 7) is 3.95. The normalized spacial score (nSPS) is 12.9. The standard InChI is InChI=1S/C46H78O5/c1-3-5-7-9-11-12-13-14-15-16-17-18-19-20-21-22-23-24-25-26-27-28-29-30-31-32-33-34-35-37-39-41-46(49)51-44(42-47)43-50-45(48)40-38-36-10-8-6-4-2/h5,7,11-12,14-15,17-18,20-21,23-24,44,47H,3-4,6,8-10,13,16,19,22,25-43H2,1-2H3/b7-5-,12-11-,15-14-,18-17-,21-20-,24-23-. The van der Waals surface area contributed by atoms with Gasteiger partial charge in [-0.25, -0.2) is 0 Å². The minimum absolute atomic E-state index is 0.0682. The molecule has 0 aromatic rings. The Labute approximate surface area is 314 Å². The Hall–Kier alpha value is -2.66. The van der Waals surface area contributed by atoms with Crippen molar-refractivity contribution in [1.29, 1.82) is 0 Å². The van der Waals surface area contributed by atoms with Gasteiger partial charge >= 0.3 is 11.9 Å². The lowest BCUT2D eigenvalue weighted by atomic mass is 10.0. The largest absolute Gasteiger partial charge is 0.462 e. The molecule has 0 radical (unpaired) electrons. The van der Waals surface area contributed by atoms with Gasteiger partial charge in [0.1, 0.15) is 6.61 Å². The Morgan fingerprint density at radius 3 is 1.27 bits per heavy atom. The molecule has 1 atom stereocenters. The third kappa shape index (κ3) is 40.0. The molecule has 1 unspecified atom stereocenters. The second-order valence-electron chi connectivity index (χ2n) is 13.7. The molecule has 0 spiro atoms. The number of hydrogen-bond acceptors (Lipinski definition) is 5. The zero-order valence-electron chi connectivity index (χ0n) is 33.1. The van der Waals surface area contributed by atoms with Crippen molar-refractivity contribution < 1.29 is 24.2 Å². The molecule has 0 aliphatic rings. The maximum Gasteiger partial charge on any atom is 0.306 e. The number of carbonyl (C=O) groups is 2. The first-order valence-electron chi connectivity index (χ1n) is 21.0. The van der Waals surface area contributed by atoms with Crippen molar-refractivity contribution >= 4 is 11.9 Å². The van der Waals surface area contributed by atoms with E-state index in [4.69, 9.17) is 9.47 Å². The molecule has 0 fully saturated rings. The first-order valence-corrected chi connectivity index (χ1v) is 21.0. The summed E-state index contributed by atoms with van der Waals surface area (Å²) in [5.41, 5.74) is 0. The van der Waals surface area contributed by atoms with Gasteiger partial charge in [-0.2, -0.15) is 0 Å². The Balaban J connectivity index is 3.50. The fraction of sp³-hybridized carbons (Fsp3) is 0.696. The van der Waals surface area contributed by atoms with Crippen LogP contribution in [0.25, 0.3) is 0 Å². The highest BCUT2D eigenvalue weighted by Gasteiger charge is 2.16. The van der Waals surface area contributed by atoms with Crippen molar-refractivity contribution in [1.82, 2.24) is 0 Å². The predicted molar refractivity (Wildman–Crippen MR) is 219 cm³/mol. The predicted octanol–water partition coefficient (Wildman–Crippen LogP) is 13.3. The van der Waals surface area contributed by atoms with Crippen molar-refractivity contribution in [3.8, 4) is 0 Å². The van der Waals surface area contributed by atoms with Crippen LogP contribution in [0.5, 0.6) is 0 Å². The molecule has 0 aliphatic carbocycles. The van der Waals surface area contributed by atoms with Gasteiger partial charge in [0.05, 0.1) is 6.61 Å². The summed E-state index contributed by atoms with van der Waals surface area (Å²) in [5.74, 6) is -0.606. The highest BCUT2D eigenvalue weighted by molar-refractivity contribution is 5.70. The van der Waals surface area contributed by atoms with Gasteiger partial charge < -0.3 is 14.6 Å². The summed E-state index contributed by atoms with van der Waals surface area (Å²) in [6.07, 6.45) is 55.8. The zero-order chi connectivity index (χ0) is 37.1. The van der Waals surface area contributed by atoms with E-state index in [2.05, 4.69) is 86.8 Å². The second-order valence-corrected chi connectivity index (χ2v) is 13.7. The number of aliphatic hydroxyl groups is 1. The van der Waals surface area contributed by atoms with E-state index in [0.717, 1.165) is 77.0 Å². The van der Waals surface area contributed by atoms with Gasteiger partial charge in [0.25, 0.3) is 0 Å². The lowest BCUT2D eigenvalue weighted by Gasteiger charge is -2.15. The highest BCUT2D eigenvalue weighted by atomic mass is 16.6. The zero-order valence-corrected chi connectivity index (χ0v) is 33.1. The minimum atomic E-state index is -0.770. The molecule has 0 saturated heterocycles. The minimum Gasteiger partial charge on any atom is -0.462 e. The van der Waals surface area contributed by atoms with Crippen LogP contribution in [-0.4, -0.2) is 36.4 Å². The molecular weight excluding hydrogens is 633 g/mol. The molecule has 0 aliphatic heterocycles. The molecule has 0 heterocycles. The van der Waals surface area contributed by atoms with Crippen molar-refractivity contribution in [2.45, 2.75) is 193 Å². The molecule has 0 amide bonds. The van der Waals surface area contributed by atoms with E-state index in [0.29, 0.717) is 12.8 Å². The first kappa shape index (κ1) is 48.3. The van der Waals surface area contributed by atoms with Gasteiger partial charge in [-0.05, 0) is 64.2 Å². The summed E-state index contributed by atoms with van der Waals surface area (Å²) in [5, 5.41) is 9.49. The fourth-order valence-electron chi connectivity index (χ4n) is 5.62. The van der Waals surface area contributed by atoms with Gasteiger partial charge in [-0.1, -0.05) is 183 Å². The SMILES string of the molecule is CC/C=C\C/C=C\C/C=C\C/C=C\C/C=C\C/C=C\CCCCCCCCCCCCCCC(=O)OC(CO)COC(=O)CCCCCCCC. The van der Waals surface area contributed by atoms with Crippen LogP contribution >= 0.6 is 0 Å². The van der Waals surface area contributed by atoms with Crippen LogP contribution in [0.15, 0.2) is 72.9 Å². The van der Waals surface area contributed by atoms with Gasteiger partial charge in [-0.3, -0.25) is 9.59 Å². The van der Waals surface area contributed by atoms with Crippen molar-refractivity contribution in [2.24, 2.45) is 0 Å². The maximum absolute atomic E-state index is 12.1. The van der Waals surface area contributed by atoms with Crippen molar-refractivity contribution in [3.05, 3.63) is 72.9 Å². The lowest BCUT2D eigenvalue weighted by molar-refractivity contribution is -0.161. The molecule has 0 rings (SSSR count). The number of esters is 2. The molecule has 0 bridgehead atoms. The average molecular weight is 711 g/mol. The fourth-order valence-corrected chi connectivity index (χ4v) is 5.62. The molecule has 0 aromatic carbocycles. The van der Waals surface area contributed by atoms with E-state index < -0.39 is 6.10 Å². The number of ether oxygens (including phenoxy) is 2. The number of aliphatic hydroxyl groups excluding tert-OH is 1. The number of unbranched alkanes of at least 4 members (excludes halogenated alkanes) is 17. The third-order valence-electron chi connectivity index (χ3n) is 8.76. The van der Waals surface area contributed by atoms with Crippen LogP contribution < -0.4 is 0 Å². The van der Waals surface area contributed by atoms with Crippen LogP contribution in [0.4, 0.5) is 0 Å². The Morgan fingerprint density at radius 2 is 0.843 bits per heavy atom. The summed E-state index contributed by atoms with van der Waals surface area (Å²) in [7, 11) is 0. The van der Waals surface area contributed by atoms with Gasteiger partial charge in [0, 0.05) is 12.8 Å². The smallest absolute Gasteiger partial charge is 0.306 e. The van der Waals surface area contributed by atoms with Crippen LogP contribution in [0, 0.1) is 0 Å². The first-order chi connectivity index (χ1) is 25.1. The number of rotatable bonds is 37. The lowest BCUT2D eigenvalue weighted by Crippen LogP contribution is -2.28. The van der Waals surface area contributed by atoms with Gasteiger partial charge in [0.15, 0.2) is 6.10 Å². The van der Waals surface area contributed by atoms with Crippen molar-refractivity contribution in [2.75, 3.05) is 13.2 Å². The topological polar surface area (TPSA) is 72.8 Å². The number of allylic oxidation sites excluding steroid dienone is 12. The van der Waals surface area contributed by atoms with Gasteiger partial charge in [0.2, 0.25) is 0 Å². The van der Waals surface area contributed by atoms with Crippen molar-refractivity contribution in [3.63, 3.8) is 0 Å². The monoisotopic (exact) mass is 711 g/mol. The van der Waals surface area contributed by atoms with Crippen LogP contribution in [0.1, 0.15) is 187 Å². The maximum atomic E-state index is 12.1. The summed E-state index contributed by atoms with van der Waals surface area (Å²) < 4.78 is 10.5. The average Bonchev–Trinajstić information content (AvgIpc) is 3.13. The van der Waals surface area contributed by atoms with E-state index >= 15 is 0 Å². The number of hydrogen-bond donors (Lipinski definition) is 1. The molecule has 51 heavy (non-hydrogen) atoms. The van der Waals surface area contributed by atoms with Crippen LogP contribution in [0.3, 0.4) is 0 Å². The van der Waals surface area contributed by atoms with E-state index in [1.807, 2.05) is 0 Å². The molecule has 292 valence electrons. The molecule has 0 aromatic heterocycles. The Morgan fingerprint density at radius 1 is 0.471 bits per heavy atom. The third-order valence-corrected chi connectivity index (χ3v) is 8.76. The number of carbonyl (C=O) groups excluding carboxylic acids is 2. The molecule has 1 N–H and O–H groups in total. The molecule has 5 heteroatoms. The summed E-state index contributed by atoms with van der Waals surface area (Å²) in [6, 6.07) is 0. The highest BCUT2D eigenvalue weighted by Crippen LogP contribution is 2.14. The van der Waals surface area contributed by atoms with Crippen LogP contribution in [-0.2, 0) is 19.1 Å². The Kier molecular flexibility index (Phi) is 39.6. The van der Waals surface area contributed by atoms with E-state index in [-0.39, 0.29) is 25.2 Å². The quantitative estimate of drug-likeness (QED) is 0.0395. The van der Waals surface area contributed by atoms with Crippen LogP contribution in [0.2, 0.25) is 0 Å². The van der Waals surface area contributed by atoms with E-state index in [1.165, 1.54) is 83.5 Å². The van der Waals surface area contributed by atoms with Gasteiger partial charge in [-0.15, -0.1) is 0 Å².